The Labute approximate surface area is 122 Å². The molecule has 2 aromatic carbocycles. The maximum absolute atomic E-state index is 4.42. The van der Waals surface area contributed by atoms with Crippen molar-refractivity contribution in [3.8, 4) is 0 Å². The first-order valence-electron chi connectivity index (χ1n) is 6.01. The minimum absolute atomic E-state index is 0.658. The number of hydrogen-bond donors (Lipinski definition) is 0. The van der Waals surface area contributed by atoms with Gasteiger partial charge in [0.05, 0.1) is 20.4 Å². The Morgan fingerprint density at radius 3 is 1.55 bits per heavy atom. The number of hydrogen-bond acceptors (Lipinski definition) is 6. The Balaban J connectivity index is 1.70. The lowest BCUT2D eigenvalue weighted by atomic mass is 10.3. The molecular weight excluding hydrogens is 288 g/mol. The van der Waals surface area contributed by atoms with Gasteiger partial charge in [0.15, 0.2) is 0 Å². The molecule has 0 saturated heterocycles. The number of aromatic nitrogens is 2. The summed E-state index contributed by atoms with van der Waals surface area (Å²) < 4.78 is 2.23. The van der Waals surface area contributed by atoms with Crippen LogP contribution in [0.4, 0.5) is 10.3 Å². The summed E-state index contributed by atoms with van der Waals surface area (Å²) in [7, 11) is 0. The molecule has 0 unspecified atom stereocenters. The molecule has 20 heavy (non-hydrogen) atoms. The molecule has 96 valence electrons. The predicted molar refractivity (Wildman–Crippen MR) is 83.4 cm³/mol. The lowest BCUT2D eigenvalue weighted by Crippen LogP contribution is -1.64. The van der Waals surface area contributed by atoms with Crippen LogP contribution in [0.25, 0.3) is 20.4 Å². The van der Waals surface area contributed by atoms with E-state index in [0.717, 1.165) is 20.4 Å². The SMILES string of the molecule is c1ccc2sc(/N=N/c3nc4ccccc4s3)nc2c1. The van der Waals surface area contributed by atoms with Crippen LogP contribution < -0.4 is 0 Å². The smallest absolute Gasteiger partial charge is 0.217 e. The van der Waals surface area contributed by atoms with Gasteiger partial charge in [-0.25, -0.2) is 9.97 Å². The number of para-hydroxylation sites is 2. The Morgan fingerprint density at radius 2 is 1.10 bits per heavy atom. The molecule has 0 saturated carbocycles. The third-order valence-corrected chi connectivity index (χ3v) is 4.63. The molecule has 0 aliphatic carbocycles. The number of azo groups is 1. The fraction of sp³-hybridized carbons (Fsp3) is 0. The minimum atomic E-state index is 0.658. The first kappa shape index (κ1) is 11.6. The minimum Gasteiger partial charge on any atom is -0.217 e. The quantitative estimate of drug-likeness (QED) is 0.470. The van der Waals surface area contributed by atoms with E-state index in [0.29, 0.717) is 10.3 Å². The van der Waals surface area contributed by atoms with E-state index >= 15 is 0 Å². The highest BCUT2D eigenvalue weighted by Gasteiger charge is 2.04. The molecular formula is C14H8N4S2. The van der Waals surface area contributed by atoms with Crippen molar-refractivity contribution in [1.29, 1.82) is 0 Å². The van der Waals surface area contributed by atoms with Gasteiger partial charge >= 0.3 is 0 Å². The predicted octanol–water partition coefficient (Wildman–Crippen LogP) is 5.32. The van der Waals surface area contributed by atoms with Crippen molar-refractivity contribution in [3.05, 3.63) is 48.5 Å². The Kier molecular flexibility index (Phi) is 2.75. The van der Waals surface area contributed by atoms with Crippen LogP contribution in [-0.2, 0) is 0 Å². The maximum atomic E-state index is 4.42. The highest BCUT2D eigenvalue weighted by atomic mass is 32.1. The molecule has 2 aromatic heterocycles. The lowest BCUT2D eigenvalue weighted by molar-refractivity contribution is 1.19. The van der Waals surface area contributed by atoms with Crippen LogP contribution in [0.1, 0.15) is 0 Å². The van der Waals surface area contributed by atoms with Gasteiger partial charge in [0, 0.05) is 0 Å². The van der Waals surface area contributed by atoms with Crippen LogP contribution in [0.3, 0.4) is 0 Å². The Morgan fingerprint density at radius 1 is 0.650 bits per heavy atom. The normalized spacial score (nSPS) is 11.8. The summed E-state index contributed by atoms with van der Waals surface area (Å²) in [5.41, 5.74) is 1.91. The molecule has 0 radical (unpaired) electrons. The number of nitrogens with zero attached hydrogens (tertiary/aromatic N) is 4. The van der Waals surface area contributed by atoms with E-state index in [-0.39, 0.29) is 0 Å². The second-order valence-electron chi connectivity index (χ2n) is 4.13. The summed E-state index contributed by atoms with van der Waals surface area (Å²) in [5, 5.41) is 9.69. The average Bonchev–Trinajstić information content (AvgIpc) is 3.07. The molecule has 0 aliphatic rings. The van der Waals surface area contributed by atoms with Crippen molar-refractivity contribution in [2.45, 2.75) is 0 Å². The van der Waals surface area contributed by atoms with Gasteiger partial charge in [0.2, 0.25) is 10.3 Å². The standard InChI is InChI=1S/C14H8N4S2/c1-3-7-11-9(5-1)15-13(19-11)17-18-14-16-10-6-2-4-8-12(10)20-14/h1-8H/b18-17+. The number of benzene rings is 2. The molecule has 0 amide bonds. The fourth-order valence-electron chi connectivity index (χ4n) is 1.89. The maximum Gasteiger partial charge on any atom is 0.231 e. The Bertz CT molecular complexity index is 781. The van der Waals surface area contributed by atoms with E-state index in [4.69, 9.17) is 0 Å². The monoisotopic (exact) mass is 296 g/mol. The Hall–Kier alpha value is -2.18. The second kappa shape index (κ2) is 4.73. The van der Waals surface area contributed by atoms with Gasteiger partial charge in [0.25, 0.3) is 0 Å². The van der Waals surface area contributed by atoms with Crippen molar-refractivity contribution < 1.29 is 0 Å². The average molecular weight is 296 g/mol. The summed E-state index contributed by atoms with van der Waals surface area (Å²) in [6, 6.07) is 15.9. The fourth-order valence-corrected chi connectivity index (χ4v) is 3.47. The van der Waals surface area contributed by atoms with E-state index < -0.39 is 0 Å². The van der Waals surface area contributed by atoms with Gasteiger partial charge in [0.1, 0.15) is 0 Å². The van der Waals surface area contributed by atoms with E-state index in [1.807, 2.05) is 48.5 Å². The molecule has 4 aromatic rings. The zero-order valence-electron chi connectivity index (χ0n) is 10.2. The van der Waals surface area contributed by atoms with E-state index in [9.17, 15) is 0 Å². The van der Waals surface area contributed by atoms with E-state index in [1.54, 1.807) is 0 Å². The van der Waals surface area contributed by atoms with Crippen molar-refractivity contribution in [2.75, 3.05) is 0 Å². The third-order valence-electron chi connectivity index (χ3n) is 2.79. The number of rotatable bonds is 2. The van der Waals surface area contributed by atoms with Crippen molar-refractivity contribution in [2.24, 2.45) is 10.2 Å². The zero-order chi connectivity index (χ0) is 13.4. The van der Waals surface area contributed by atoms with Gasteiger partial charge in [-0.3, -0.25) is 0 Å². The lowest BCUT2D eigenvalue weighted by Gasteiger charge is -1.80. The summed E-state index contributed by atoms with van der Waals surface area (Å²) in [6.45, 7) is 0. The van der Waals surface area contributed by atoms with Crippen molar-refractivity contribution in [1.82, 2.24) is 9.97 Å². The molecule has 2 heterocycles. The summed E-state index contributed by atoms with van der Waals surface area (Å²) in [6.07, 6.45) is 0. The zero-order valence-corrected chi connectivity index (χ0v) is 11.9. The van der Waals surface area contributed by atoms with Crippen LogP contribution in [0.2, 0.25) is 0 Å². The molecule has 4 rings (SSSR count). The molecule has 0 atom stereocenters. The van der Waals surface area contributed by atoms with Gasteiger partial charge in [-0.15, -0.1) is 10.2 Å². The molecule has 0 spiro atoms. The van der Waals surface area contributed by atoms with Crippen molar-refractivity contribution >= 4 is 53.4 Å². The summed E-state index contributed by atoms with van der Waals surface area (Å²) >= 11 is 3.06. The second-order valence-corrected chi connectivity index (χ2v) is 6.15. The first-order valence-corrected chi connectivity index (χ1v) is 7.65. The first-order chi connectivity index (χ1) is 9.88. The molecule has 4 nitrogen and oxygen atoms in total. The number of fused-ring (bicyclic) bond motifs is 2. The third kappa shape index (κ3) is 2.09. The summed E-state index contributed by atoms with van der Waals surface area (Å²) in [4.78, 5) is 8.83. The van der Waals surface area contributed by atoms with Gasteiger partial charge in [-0.2, -0.15) is 0 Å². The van der Waals surface area contributed by atoms with Crippen LogP contribution in [0.15, 0.2) is 58.8 Å². The van der Waals surface area contributed by atoms with Crippen LogP contribution >= 0.6 is 22.7 Å². The molecule has 0 aliphatic heterocycles. The van der Waals surface area contributed by atoms with Gasteiger partial charge < -0.3 is 0 Å². The molecule has 6 heteroatoms. The van der Waals surface area contributed by atoms with Gasteiger partial charge in [-0.05, 0) is 24.3 Å². The molecule has 0 fully saturated rings. The highest BCUT2D eigenvalue weighted by molar-refractivity contribution is 7.22. The van der Waals surface area contributed by atoms with E-state index in [1.165, 1.54) is 22.7 Å². The van der Waals surface area contributed by atoms with Gasteiger partial charge in [-0.1, -0.05) is 46.9 Å². The van der Waals surface area contributed by atoms with Crippen LogP contribution in [0.5, 0.6) is 0 Å². The van der Waals surface area contributed by atoms with Crippen LogP contribution in [-0.4, -0.2) is 9.97 Å². The molecule has 0 bridgehead atoms. The summed E-state index contributed by atoms with van der Waals surface area (Å²) in [5.74, 6) is 0. The van der Waals surface area contributed by atoms with Crippen LogP contribution in [0, 0.1) is 0 Å². The molecule has 0 N–H and O–H groups in total. The van der Waals surface area contributed by atoms with E-state index in [2.05, 4.69) is 20.2 Å². The highest BCUT2D eigenvalue weighted by Crippen LogP contribution is 2.31. The number of thiazole rings is 2. The van der Waals surface area contributed by atoms with Crippen molar-refractivity contribution in [3.63, 3.8) is 0 Å². The largest absolute Gasteiger partial charge is 0.231 e. The topological polar surface area (TPSA) is 50.5 Å².